The van der Waals surface area contributed by atoms with Crippen LogP contribution >= 0.6 is 22.7 Å². The van der Waals surface area contributed by atoms with Crippen molar-refractivity contribution in [3.05, 3.63) is 62.5 Å². The predicted octanol–water partition coefficient (Wildman–Crippen LogP) is 4.56. The maximum Gasteiger partial charge on any atom is 0.263 e. The summed E-state index contributed by atoms with van der Waals surface area (Å²) in [5.41, 5.74) is 3.21. The van der Waals surface area contributed by atoms with Gasteiger partial charge in [-0.3, -0.25) is 4.79 Å². The van der Waals surface area contributed by atoms with Gasteiger partial charge in [0.2, 0.25) is 0 Å². The Kier molecular flexibility index (Phi) is 4.54. The van der Waals surface area contributed by atoms with Crippen molar-refractivity contribution in [2.75, 3.05) is 0 Å². The molecule has 0 atom stereocenters. The number of hydrogen-bond donors (Lipinski definition) is 1. The van der Waals surface area contributed by atoms with Gasteiger partial charge in [0.05, 0.1) is 5.69 Å². The Balaban J connectivity index is 1.72. The van der Waals surface area contributed by atoms with Crippen LogP contribution in [0.15, 0.2) is 35.0 Å². The topological polar surface area (TPSA) is 42.0 Å². The monoisotopic (exact) mass is 346 g/mol. The van der Waals surface area contributed by atoms with Gasteiger partial charge in [-0.05, 0) is 42.5 Å². The van der Waals surface area contributed by atoms with E-state index in [1.165, 1.54) is 17.4 Å². The molecule has 0 fully saturated rings. The van der Waals surface area contributed by atoms with Gasteiger partial charge in [-0.15, -0.1) is 11.3 Å². The maximum absolute atomic E-state index is 13.3. The van der Waals surface area contributed by atoms with Gasteiger partial charge in [0.1, 0.15) is 15.7 Å². The number of amides is 1. The van der Waals surface area contributed by atoms with Crippen molar-refractivity contribution < 1.29 is 9.18 Å². The van der Waals surface area contributed by atoms with Crippen LogP contribution in [0.3, 0.4) is 0 Å². The number of rotatable bonds is 4. The summed E-state index contributed by atoms with van der Waals surface area (Å²) in [7, 11) is 0. The van der Waals surface area contributed by atoms with E-state index in [4.69, 9.17) is 0 Å². The lowest BCUT2D eigenvalue weighted by Crippen LogP contribution is -2.22. The summed E-state index contributed by atoms with van der Waals surface area (Å²) in [5, 5.41) is 7.73. The zero-order valence-electron chi connectivity index (χ0n) is 12.7. The summed E-state index contributed by atoms with van der Waals surface area (Å²) >= 11 is 2.99. The van der Waals surface area contributed by atoms with Crippen LogP contribution in [0, 0.1) is 19.7 Å². The average molecular weight is 346 g/mol. The van der Waals surface area contributed by atoms with Gasteiger partial charge in [0.15, 0.2) is 0 Å². The minimum atomic E-state index is -0.237. The number of thiazole rings is 1. The van der Waals surface area contributed by atoms with Crippen molar-refractivity contribution in [3.8, 4) is 10.6 Å². The minimum Gasteiger partial charge on any atom is -0.347 e. The second kappa shape index (κ2) is 6.60. The maximum atomic E-state index is 13.3. The minimum absolute atomic E-state index is 0.150. The van der Waals surface area contributed by atoms with Crippen LogP contribution in [-0.4, -0.2) is 10.9 Å². The highest BCUT2D eigenvalue weighted by Crippen LogP contribution is 2.29. The first-order valence-corrected chi connectivity index (χ1v) is 8.84. The molecule has 3 aromatic rings. The van der Waals surface area contributed by atoms with Crippen molar-refractivity contribution in [1.82, 2.24) is 10.3 Å². The highest BCUT2D eigenvalue weighted by molar-refractivity contribution is 7.17. The standard InChI is InChI=1S/C17H15FN2OS2/c1-10-7-12(3-4-14(10)18)8-19-16(21)15-11(2)20-17(23-15)13-5-6-22-9-13/h3-7,9H,8H2,1-2H3,(H,19,21). The van der Waals surface area contributed by atoms with E-state index in [9.17, 15) is 9.18 Å². The van der Waals surface area contributed by atoms with E-state index in [0.29, 0.717) is 17.0 Å². The Morgan fingerprint density at radius 2 is 2.13 bits per heavy atom. The molecular formula is C17H15FN2OS2. The van der Waals surface area contributed by atoms with E-state index >= 15 is 0 Å². The Hall–Kier alpha value is -2.05. The van der Waals surface area contributed by atoms with Crippen molar-refractivity contribution >= 4 is 28.6 Å². The second-order valence-corrected chi connectivity index (χ2v) is 6.99. The Morgan fingerprint density at radius 3 is 2.83 bits per heavy atom. The van der Waals surface area contributed by atoms with E-state index in [0.717, 1.165) is 21.8 Å². The van der Waals surface area contributed by atoms with Gasteiger partial charge >= 0.3 is 0 Å². The molecule has 1 aromatic carbocycles. The normalized spacial score (nSPS) is 10.7. The molecule has 0 saturated carbocycles. The SMILES string of the molecule is Cc1cc(CNC(=O)c2sc(-c3ccsc3)nc2C)ccc1F. The fourth-order valence-electron chi connectivity index (χ4n) is 2.20. The van der Waals surface area contributed by atoms with Gasteiger partial charge in [-0.1, -0.05) is 12.1 Å². The number of hydrogen-bond acceptors (Lipinski definition) is 4. The number of benzene rings is 1. The zero-order chi connectivity index (χ0) is 16.4. The molecule has 0 spiro atoms. The summed E-state index contributed by atoms with van der Waals surface area (Å²) in [6.45, 7) is 3.91. The van der Waals surface area contributed by atoms with Gasteiger partial charge in [0, 0.05) is 17.5 Å². The molecular weight excluding hydrogens is 331 g/mol. The highest BCUT2D eigenvalue weighted by Gasteiger charge is 2.16. The van der Waals surface area contributed by atoms with Crippen molar-refractivity contribution in [2.24, 2.45) is 0 Å². The third-order valence-corrected chi connectivity index (χ3v) is 5.33. The van der Waals surface area contributed by atoms with Crippen molar-refractivity contribution in [2.45, 2.75) is 20.4 Å². The number of halogens is 1. The number of nitrogens with zero attached hydrogens (tertiary/aromatic N) is 1. The number of carbonyl (C=O) groups is 1. The largest absolute Gasteiger partial charge is 0.347 e. The Labute approximate surface area is 141 Å². The molecule has 3 nitrogen and oxygen atoms in total. The molecule has 0 aliphatic rings. The molecule has 2 aromatic heterocycles. The molecule has 0 unspecified atom stereocenters. The first-order chi connectivity index (χ1) is 11.0. The summed E-state index contributed by atoms with van der Waals surface area (Å²) < 4.78 is 13.3. The van der Waals surface area contributed by atoms with E-state index < -0.39 is 0 Å². The smallest absolute Gasteiger partial charge is 0.263 e. The second-order valence-electron chi connectivity index (χ2n) is 5.21. The Morgan fingerprint density at radius 1 is 1.30 bits per heavy atom. The van der Waals surface area contributed by atoms with Crippen LogP contribution < -0.4 is 5.32 Å². The number of carbonyl (C=O) groups excluding carboxylic acids is 1. The first-order valence-electron chi connectivity index (χ1n) is 7.08. The molecule has 2 heterocycles. The fraction of sp³-hybridized carbons (Fsp3) is 0.176. The summed E-state index contributed by atoms with van der Waals surface area (Å²) in [5.74, 6) is -0.387. The van der Waals surface area contributed by atoms with Crippen LogP contribution in [0.1, 0.15) is 26.5 Å². The molecule has 0 aliphatic heterocycles. The number of thiophene rings is 1. The average Bonchev–Trinajstić information content (AvgIpc) is 3.17. The van der Waals surface area contributed by atoms with Crippen molar-refractivity contribution in [3.63, 3.8) is 0 Å². The van der Waals surface area contributed by atoms with E-state index in [2.05, 4.69) is 10.3 Å². The van der Waals surface area contributed by atoms with Gasteiger partial charge < -0.3 is 5.32 Å². The zero-order valence-corrected chi connectivity index (χ0v) is 14.4. The lowest BCUT2D eigenvalue weighted by atomic mass is 10.1. The summed E-state index contributed by atoms with van der Waals surface area (Å²) in [6.07, 6.45) is 0. The van der Waals surface area contributed by atoms with E-state index in [-0.39, 0.29) is 11.7 Å². The lowest BCUT2D eigenvalue weighted by Gasteiger charge is -2.05. The third kappa shape index (κ3) is 3.48. The molecule has 6 heteroatoms. The fourth-order valence-corrected chi connectivity index (χ4v) is 3.89. The van der Waals surface area contributed by atoms with Crippen LogP contribution in [0.4, 0.5) is 4.39 Å². The predicted molar refractivity (Wildman–Crippen MR) is 92.5 cm³/mol. The molecule has 0 saturated heterocycles. The van der Waals surface area contributed by atoms with E-state index in [1.807, 2.05) is 23.8 Å². The highest BCUT2D eigenvalue weighted by atomic mass is 32.1. The number of aromatic nitrogens is 1. The molecule has 0 radical (unpaired) electrons. The molecule has 1 N–H and O–H groups in total. The number of aryl methyl sites for hydroxylation is 2. The van der Waals surface area contributed by atoms with E-state index in [1.54, 1.807) is 30.4 Å². The molecule has 0 bridgehead atoms. The molecule has 1 amide bonds. The summed E-state index contributed by atoms with van der Waals surface area (Å²) in [4.78, 5) is 17.4. The summed E-state index contributed by atoms with van der Waals surface area (Å²) in [6, 6.07) is 6.83. The van der Waals surface area contributed by atoms with Gasteiger partial charge in [0.25, 0.3) is 5.91 Å². The van der Waals surface area contributed by atoms with Crippen LogP contribution in [0.25, 0.3) is 10.6 Å². The van der Waals surface area contributed by atoms with Crippen molar-refractivity contribution in [1.29, 1.82) is 0 Å². The molecule has 0 aliphatic carbocycles. The number of nitrogens with one attached hydrogen (secondary N) is 1. The third-order valence-electron chi connectivity index (χ3n) is 3.45. The van der Waals surface area contributed by atoms with Crippen LogP contribution in [0.5, 0.6) is 0 Å². The lowest BCUT2D eigenvalue weighted by molar-refractivity contribution is 0.0954. The first kappa shape index (κ1) is 15.8. The molecule has 3 rings (SSSR count). The van der Waals surface area contributed by atoms with Gasteiger partial charge in [-0.25, -0.2) is 9.37 Å². The molecule has 118 valence electrons. The Bertz CT molecular complexity index is 840. The van der Waals surface area contributed by atoms with Gasteiger partial charge in [-0.2, -0.15) is 11.3 Å². The van der Waals surface area contributed by atoms with Crippen LogP contribution in [0.2, 0.25) is 0 Å². The quantitative estimate of drug-likeness (QED) is 0.752. The molecule has 23 heavy (non-hydrogen) atoms. The van der Waals surface area contributed by atoms with Crippen LogP contribution in [-0.2, 0) is 6.54 Å².